The van der Waals surface area contributed by atoms with E-state index in [0.717, 1.165) is 5.56 Å². The van der Waals surface area contributed by atoms with E-state index in [1.165, 1.54) is 6.07 Å². The Morgan fingerprint density at radius 2 is 1.76 bits per heavy atom. The van der Waals surface area contributed by atoms with Crippen molar-refractivity contribution in [3.63, 3.8) is 0 Å². The lowest BCUT2D eigenvalue weighted by molar-refractivity contribution is 0.562. The van der Waals surface area contributed by atoms with Gasteiger partial charge in [0.15, 0.2) is 0 Å². The summed E-state index contributed by atoms with van der Waals surface area (Å²) in [6.07, 6.45) is 0. The molecular formula is C15H22FN. The topological polar surface area (TPSA) is 23.8 Å². The fourth-order valence-corrected chi connectivity index (χ4v) is 1.44. The predicted octanol–water partition coefficient (Wildman–Crippen LogP) is 4.78. The van der Waals surface area contributed by atoms with Crippen molar-refractivity contribution in [1.82, 2.24) is 0 Å². The molecule has 0 aliphatic heterocycles. The highest BCUT2D eigenvalue weighted by Crippen LogP contribution is 2.28. The summed E-state index contributed by atoms with van der Waals surface area (Å²) in [6, 6.07) is 7.14. The molecule has 0 aromatic heterocycles. The molecule has 0 aliphatic carbocycles. The molecule has 0 unspecified atom stereocenters. The van der Waals surface area contributed by atoms with Crippen LogP contribution in [0.1, 0.15) is 58.6 Å². The van der Waals surface area contributed by atoms with Crippen LogP contribution < -0.4 is 0 Å². The second-order valence-corrected chi connectivity index (χ2v) is 4.63. The molecule has 0 saturated heterocycles. The zero-order valence-electron chi connectivity index (χ0n) is 11.6. The summed E-state index contributed by atoms with van der Waals surface area (Å²) in [4.78, 5) is 0. The van der Waals surface area contributed by atoms with Crippen LogP contribution in [-0.4, -0.2) is 0 Å². The molecule has 1 aromatic rings. The average Bonchev–Trinajstić information content (AvgIpc) is 2.31. The first kappa shape index (κ1) is 15.6. The zero-order chi connectivity index (χ0) is 13.6. The van der Waals surface area contributed by atoms with Crippen LogP contribution in [-0.2, 0) is 5.41 Å². The Labute approximate surface area is 104 Å². The minimum absolute atomic E-state index is 0.300. The Morgan fingerprint density at radius 1 is 1.24 bits per heavy atom. The molecule has 0 radical (unpaired) electrons. The van der Waals surface area contributed by atoms with Gasteiger partial charge in [-0.3, -0.25) is 0 Å². The molecule has 1 rings (SSSR count). The van der Waals surface area contributed by atoms with Gasteiger partial charge in [-0.1, -0.05) is 39.8 Å². The van der Waals surface area contributed by atoms with Crippen molar-refractivity contribution >= 4 is 0 Å². The van der Waals surface area contributed by atoms with Crippen LogP contribution in [0.15, 0.2) is 18.2 Å². The fourth-order valence-electron chi connectivity index (χ4n) is 1.44. The highest BCUT2D eigenvalue weighted by molar-refractivity contribution is 5.36. The lowest BCUT2D eigenvalue weighted by atomic mass is 9.84. The number of nitriles is 1. The van der Waals surface area contributed by atoms with Gasteiger partial charge in [-0.2, -0.15) is 5.26 Å². The summed E-state index contributed by atoms with van der Waals surface area (Å²) < 4.78 is 13.6. The molecule has 0 saturated carbocycles. The maximum Gasteiger partial charge on any atom is 0.128 e. The lowest BCUT2D eigenvalue weighted by Gasteiger charge is -2.18. The fraction of sp³-hybridized carbons (Fsp3) is 0.533. The summed E-state index contributed by atoms with van der Waals surface area (Å²) in [6.45, 7) is 11.6. The first-order valence-electron chi connectivity index (χ1n) is 6.09. The van der Waals surface area contributed by atoms with E-state index >= 15 is 0 Å². The van der Waals surface area contributed by atoms with Crippen LogP contribution in [0.4, 0.5) is 4.39 Å². The van der Waals surface area contributed by atoms with E-state index in [0.29, 0.717) is 11.5 Å². The molecule has 0 N–H and O–H groups in total. The lowest BCUT2D eigenvalue weighted by Crippen LogP contribution is -2.16. The van der Waals surface area contributed by atoms with Crippen molar-refractivity contribution in [2.24, 2.45) is 0 Å². The average molecular weight is 235 g/mol. The van der Waals surface area contributed by atoms with Crippen molar-refractivity contribution in [2.75, 3.05) is 0 Å². The maximum atomic E-state index is 13.6. The molecule has 0 heterocycles. The predicted molar refractivity (Wildman–Crippen MR) is 70.5 cm³/mol. The van der Waals surface area contributed by atoms with Crippen molar-refractivity contribution in [3.05, 3.63) is 35.1 Å². The van der Waals surface area contributed by atoms with Crippen molar-refractivity contribution in [2.45, 2.75) is 52.9 Å². The SMILES string of the molecule is CC.CC(C)c1ccc(F)c(C(C)(C)C#N)c1. The highest BCUT2D eigenvalue weighted by Gasteiger charge is 2.24. The molecule has 0 aliphatic rings. The molecular weight excluding hydrogens is 213 g/mol. The molecule has 1 aromatic carbocycles. The van der Waals surface area contributed by atoms with Crippen LogP contribution in [0.3, 0.4) is 0 Å². The van der Waals surface area contributed by atoms with Crippen molar-refractivity contribution in [3.8, 4) is 6.07 Å². The van der Waals surface area contributed by atoms with Gasteiger partial charge < -0.3 is 0 Å². The zero-order valence-corrected chi connectivity index (χ0v) is 11.6. The Kier molecular flexibility index (Phi) is 5.88. The minimum atomic E-state index is -0.769. The molecule has 1 nitrogen and oxygen atoms in total. The Bertz CT molecular complexity index is 400. The van der Waals surface area contributed by atoms with Crippen LogP contribution in [0, 0.1) is 17.1 Å². The van der Waals surface area contributed by atoms with Crippen molar-refractivity contribution < 1.29 is 4.39 Å². The van der Waals surface area contributed by atoms with Crippen LogP contribution >= 0.6 is 0 Å². The molecule has 0 spiro atoms. The number of hydrogen-bond donors (Lipinski definition) is 0. The van der Waals surface area contributed by atoms with E-state index in [9.17, 15) is 4.39 Å². The Morgan fingerprint density at radius 3 is 2.18 bits per heavy atom. The van der Waals surface area contributed by atoms with Gasteiger partial charge in [-0.15, -0.1) is 0 Å². The monoisotopic (exact) mass is 235 g/mol. The third-order valence-electron chi connectivity index (χ3n) is 2.61. The standard InChI is InChI=1S/C13H16FN.C2H6/c1-9(2)10-5-6-12(14)11(7-10)13(3,4)8-15;1-2/h5-7,9H,1-4H3;1-2H3. The number of benzene rings is 1. The van der Waals surface area contributed by atoms with Gasteiger partial charge >= 0.3 is 0 Å². The summed E-state index contributed by atoms with van der Waals surface area (Å²) in [5, 5.41) is 8.98. The van der Waals surface area contributed by atoms with E-state index in [4.69, 9.17) is 5.26 Å². The van der Waals surface area contributed by atoms with Gasteiger partial charge in [0.05, 0.1) is 11.5 Å². The normalized spacial score (nSPS) is 10.5. The Balaban J connectivity index is 0.00000121. The third-order valence-corrected chi connectivity index (χ3v) is 2.61. The molecule has 2 heteroatoms. The first-order chi connectivity index (χ1) is 7.88. The van der Waals surface area contributed by atoms with Gasteiger partial charge in [0, 0.05) is 5.56 Å². The Hall–Kier alpha value is -1.36. The highest BCUT2D eigenvalue weighted by atomic mass is 19.1. The van der Waals surface area contributed by atoms with E-state index < -0.39 is 5.41 Å². The van der Waals surface area contributed by atoms with E-state index in [2.05, 4.69) is 19.9 Å². The molecule has 0 bridgehead atoms. The van der Waals surface area contributed by atoms with Crippen LogP contribution in [0.5, 0.6) is 0 Å². The number of nitrogens with zero attached hydrogens (tertiary/aromatic N) is 1. The first-order valence-corrected chi connectivity index (χ1v) is 6.09. The summed E-state index contributed by atoms with van der Waals surface area (Å²) in [5.41, 5.74) is 0.778. The van der Waals surface area contributed by atoms with Gasteiger partial charge in [0.25, 0.3) is 0 Å². The van der Waals surface area contributed by atoms with Crippen LogP contribution in [0.25, 0.3) is 0 Å². The quantitative estimate of drug-likeness (QED) is 0.724. The molecule has 0 fully saturated rings. The number of hydrogen-bond acceptors (Lipinski definition) is 1. The molecule has 94 valence electrons. The summed E-state index contributed by atoms with van der Waals surface area (Å²) in [5.74, 6) is 0.0461. The van der Waals surface area contributed by atoms with E-state index in [1.54, 1.807) is 26.0 Å². The van der Waals surface area contributed by atoms with E-state index in [1.807, 2.05) is 13.8 Å². The summed E-state index contributed by atoms with van der Waals surface area (Å²) >= 11 is 0. The molecule has 0 amide bonds. The van der Waals surface area contributed by atoms with Crippen molar-refractivity contribution in [1.29, 1.82) is 5.26 Å². The summed E-state index contributed by atoms with van der Waals surface area (Å²) in [7, 11) is 0. The maximum absolute atomic E-state index is 13.6. The molecule has 0 atom stereocenters. The second-order valence-electron chi connectivity index (χ2n) is 4.63. The number of rotatable bonds is 2. The van der Waals surface area contributed by atoms with Gasteiger partial charge in [-0.25, -0.2) is 4.39 Å². The van der Waals surface area contributed by atoms with Gasteiger partial charge in [0.1, 0.15) is 5.82 Å². The van der Waals surface area contributed by atoms with Gasteiger partial charge in [-0.05, 0) is 31.4 Å². The van der Waals surface area contributed by atoms with Gasteiger partial charge in [0.2, 0.25) is 0 Å². The van der Waals surface area contributed by atoms with Crippen LogP contribution in [0.2, 0.25) is 0 Å². The van der Waals surface area contributed by atoms with E-state index in [-0.39, 0.29) is 5.82 Å². The second kappa shape index (κ2) is 6.39. The largest absolute Gasteiger partial charge is 0.207 e. The third kappa shape index (κ3) is 3.85. The smallest absolute Gasteiger partial charge is 0.128 e. The number of halogens is 1. The minimum Gasteiger partial charge on any atom is -0.207 e. The molecule has 17 heavy (non-hydrogen) atoms.